The van der Waals surface area contributed by atoms with E-state index in [4.69, 9.17) is 10.5 Å². The summed E-state index contributed by atoms with van der Waals surface area (Å²) in [6, 6.07) is 0.104. The molecular weight excluding hydrogens is 270 g/mol. The van der Waals surface area contributed by atoms with Crippen molar-refractivity contribution in [2.45, 2.75) is 58.1 Å². The molecule has 1 rings (SSSR count). The molecule has 0 spiro atoms. The number of hydrogen-bond acceptors (Lipinski definition) is 4. The van der Waals surface area contributed by atoms with Crippen molar-refractivity contribution in [2.24, 2.45) is 5.73 Å². The highest BCUT2D eigenvalue weighted by atomic mass is 16.5. The normalized spacial score (nSPS) is 18.9. The zero-order chi connectivity index (χ0) is 15.7. The first-order valence-corrected chi connectivity index (χ1v) is 7.92. The number of nitrogens with zero attached hydrogens (tertiary/aromatic N) is 1. The summed E-state index contributed by atoms with van der Waals surface area (Å²) in [7, 11) is 0. The lowest BCUT2D eigenvalue weighted by Crippen LogP contribution is -2.49. The maximum Gasteiger partial charge on any atom is 0.225 e. The number of nitrogens with two attached hydrogens (primary N) is 1. The van der Waals surface area contributed by atoms with Crippen molar-refractivity contribution >= 4 is 11.8 Å². The molecule has 6 heteroatoms. The highest BCUT2D eigenvalue weighted by Crippen LogP contribution is 2.17. The van der Waals surface area contributed by atoms with Crippen molar-refractivity contribution in [3.8, 4) is 0 Å². The van der Waals surface area contributed by atoms with E-state index in [1.54, 1.807) is 0 Å². The molecule has 1 aliphatic heterocycles. The van der Waals surface area contributed by atoms with Crippen molar-refractivity contribution in [3.63, 3.8) is 0 Å². The van der Waals surface area contributed by atoms with Crippen LogP contribution in [-0.2, 0) is 14.3 Å². The molecule has 6 nitrogen and oxygen atoms in total. The molecule has 0 aromatic carbocycles. The van der Waals surface area contributed by atoms with Gasteiger partial charge in [0.25, 0.3) is 0 Å². The summed E-state index contributed by atoms with van der Waals surface area (Å²) >= 11 is 0. The van der Waals surface area contributed by atoms with E-state index in [1.807, 2.05) is 18.7 Å². The second kappa shape index (κ2) is 9.73. The van der Waals surface area contributed by atoms with Gasteiger partial charge in [-0.3, -0.25) is 9.59 Å². The van der Waals surface area contributed by atoms with Crippen LogP contribution in [0.25, 0.3) is 0 Å². The van der Waals surface area contributed by atoms with Gasteiger partial charge in [0, 0.05) is 32.1 Å². The minimum atomic E-state index is -0.0430. The maximum absolute atomic E-state index is 12.3. The third-order valence-corrected chi connectivity index (χ3v) is 3.62. The van der Waals surface area contributed by atoms with Gasteiger partial charge in [0.2, 0.25) is 11.8 Å². The summed E-state index contributed by atoms with van der Waals surface area (Å²) < 4.78 is 5.44. The Bertz CT molecular complexity index is 334. The first kappa shape index (κ1) is 17.9. The SMILES string of the molecule is CC(C)OCCC(=O)N1CCCCC1CNC(=O)CCN. The predicted octanol–water partition coefficient (Wildman–Crippen LogP) is 0.648. The molecule has 1 heterocycles. The second-order valence-electron chi connectivity index (χ2n) is 5.75. The molecule has 1 aliphatic rings. The van der Waals surface area contributed by atoms with Crippen LogP contribution in [0.5, 0.6) is 0 Å². The summed E-state index contributed by atoms with van der Waals surface area (Å²) in [6.45, 7) is 6.03. The fraction of sp³-hybridized carbons (Fsp3) is 0.867. The second-order valence-corrected chi connectivity index (χ2v) is 5.75. The molecule has 3 N–H and O–H groups in total. The fourth-order valence-corrected chi connectivity index (χ4v) is 2.52. The Kier molecular flexibility index (Phi) is 8.30. The van der Waals surface area contributed by atoms with E-state index in [1.165, 1.54) is 0 Å². The van der Waals surface area contributed by atoms with E-state index >= 15 is 0 Å². The molecule has 1 fully saturated rings. The Labute approximate surface area is 127 Å². The van der Waals surface area contributed by atoms with Crippen LogP contribution in [0.4, 0.5) is 0 Å². The van der Waals surface area contributed by atoms with E-state index < -0.39 is 0 Å². The highest BCUT2D eigenvalue weighted by Gasteiger charge is 2.26. The quantitative estimate of drug-likeness (QED) is 0.689. The maximum atomic E-state index is 12.3. The molecule has 0 aromatic rings. The van der Waals surface area contributed by atoms with Crippen LogP contribution in [0, 0.1) is 0 Å². The van der Waals surface area contributed by atoms with Crippen LogP contribution >= 0.6 is 0 Å². The van der Waals surface area contributed by atoms with Crippen molar-refractivity contribution in [1.29, 1.82) is 0 Å². The zero-order valence-electron chi connectivity index (χ0n) is 13.3. The molecule has 122 valence electrons. The average Bonchev–Trinajstić information content (AvgIpc) is 2.45. The summed E-state index contributed by atoms with van der Waals surface area (Å²) in [5.74, 6) is 0.0760. The van der Waals surface area contributed by atoms with Gasteiger partial charge >= 0.3 is 0 Å². The van der Waals surface area contributed by atoms with Gasteiger partial charge in [-0.25, -0.2) is 0 Å². The molecule has 0 saturated carbocycles. The van der Waals surface area contributed by atoms with Gasteiger partial charge in [-0.05, 0) is 33.1 Å². The van der Waals surface area contributed by atoms with Gasteiger partial charge in [-0.2, -0.15) is 0 Å². The van der Waals surface area contributed by atoms with Gasteiger partial charge in [0.1, 0.15) is 0 Å². The van der Waals surface area contributed by atoms with Crippen LogP contribution in [0.3, 0.4) is 0 Å². The molecular formula is C15H29N3O3. The van der Waals surface area contributed by atoms with Crippen molar-refractivity contribution in [2.75, 3.05) is 26.2 Å². The zero-order valence-corrected chi connectivity index (χ0v) is 13.3. The van der Waals surface area contributed by atoms with Crippen LogP contribution in [0.15, 0.2) is 0 Å². The Balaban J connectivity index is 2.40. The molecule has 21 heavy (non-hydrogen) atoms. The molecule has 0 bridgehead atoms. The standard InChI is InChI=1S/C15H29N3O3/c1-12(2)21-10-7-15(20)18-9-4-3-5-13(18)11-17-14(19)6-8-16/h12-13H,3-11,16H2,1-2H3,(H,17,19). The molecule has 1 unspecified atom stereocenters. The van der Waals surface area contributed by atoms with Gasteiger partial charge < -0.3 is 20.7 Å². The number of likely N-dealkylation sites (tertiary alicyclic amines) is 1. The highest BCUT2D eigenvalue weighted by molar-refractivity contribution is 5.77. The monoisotopic (exact) mass is 299 g/mol. The van der Waals surface area contributed by atoms with Gasteiger partial charge in [-0.1, -0.05) is 0 Å². The Hall–Kier alpha value is -1.14. The van der Waals surface area contributed by atoms with Crippen LogP contribution in [0.2, 0.25) is 0 Å². The van der Waals surface area contributed by atoms with Gasteiger partial charge in [-0.15, -0.1) is 0 Å². The van der Waals surface area contributed by atoms with E-state index in [0.717, 1.165) is 25.8 Å². The smallest absolute Gasteiger partial charge is 0.225 e. The van der Waals surface area contributed by atoms with Gasteiger partial charge in [0.15, 0.2) is 0 Å². The van der Waals surface area contributed by atoms with Gasteiger partial charge in [0.05, 0.1) is 19.1 Å². The van der Waals surface area contributed by atoms with Crippen molar-refractivity contribution < 1.29 is 14.3 Å². The Morgan fingerprint density at radius 3 is 2.76 bits per heavy atom. The Morgan fingerprint density at radius 2 is 2.10 bits per heavy atom. The number of amides is 2. The third-order valence-electron chi connectivity index (χ3n) is 3.62. The summed E-state index contributed by atoms with van der Waals surface area (Å²) in [5, 5.41) is 2.87. The number of piperidine rings is 1. The minimum Gasteiger partial charge on any atom is -0.378 e. The molecule has 1 saturated heterocycles. The van der Waals surface area contributed by atoms with E-state index in [-0.39, 0.29) is 24.0 Å². The topological polar surface area (TPSA) is 84.7 Å². The number of hydrogen-bond donors (Lipinski definition) is 2. The number of carbonyl (C=O) groups excluding carboxylic acids is 2. The first-order chi connectivity index (χ1) is 10.0. The van der Waals surface area contributed by atoms with E-state index in [0.29, 0.717) is 32.5 Å². The average molecular weight is 299 g/mol. The number of nitrogens with one attached hydrogen (secondary N) is 1. The Morgan fingerprint density at radius 1 is 1.33 bits per heavy atom. The van der Waals surface area contributed by atoms with E-state index in [9.17, 15) is 9.59 Å². The lowest BCUT2D eigenvalue weighted by molar-refractivity contribution is -0.136. The van der Waals surface area contributed by atoms with Crippen molar-refractivity contribution in [1.82, 2.24) is 10.2 Å². The summed E-state index contributed by atoms with van der Waals surface area (Å²) in [4.78, 5) is 25.7. The molecule has 0 aliphatic carbocycles. The van der Waals surface area contributed by atoms with E-state index in [2.05, 4.69) is 5.32 Å². The molecule has 1 atom stereocenters. The lowest BCUT2D eigenvalue weighted by Gasteiger charge is -2.36. The summed E-state index contributed by atoms with van der Waals surface area (Å²) in [6.07, 6.45) is 3.97. The van der Waals surface area contributed by atoms with Crippen LogP contribution in [-0.4, -0.2) is 55.1 Å². The van der Waals surface area contributed by atoms with Crippen molar-refractivity contribution in [3.05, 3.63) is 0 Å². The van der Waals surface area contributed by atoms with Crippen LogP contribution < -0.4 is 11.1 Å². The minimum absolute atomic E-state index is 0.0430. The number of carbonyl (C=O) groups is 2. The molecule has 0 aromatic heterocycles. The fourth-order valence-electron chi connectivity index (χ4n) is 2.52. The first-order valence-electron chi connectivity index (χ1n) is 7.92. The number of rotatable bonds is 8. The van der Waals surface area contributed by atoms with Crippen LogP contribution in [0.1, 0.15) is 46.0 Å². The third kappa shape index (κ3) is 6.91. The predicted molar refractivity (Wildman–Crippen MR) is 81.7 cm³/mol. The number of ether oxygens (including phenoxy) is 1. The molecule has 2 amide bonds. The largest absolute Gasteiger partial charge is 0.378 e. The lowest BCUT2D eigenvalue weighted by atomic mass is 10.0. The summed E-state index contributed by atoms with van der Waals surface area (Å²) in [5.41, 5.74) is 5.35. The molecule has 0 radical (unpaired) electrons.